The van der Waals surface area contributed by atoms with Crippen molar-refractivity contribution in [3.8, 4) is 0 Å². The zero-order valence-electron chi connectivity index (χ0n) is 9.74. The van der Waals surface area contributed by atoms with E-state index in [1.165, 1.54) is 25.0 Å². The molecule has 18 heavy (non-hydrogen) atoms. The van der Waals surface area contributed by atoms with Gasteiger partial charge in [-0.05, 0) is 36.6 Å². The number of aromatic nitrogens is 2. The van der Waals surface area contributed by atoms with E-state index >= 15 is 0 Å². The van der Waals surface area contributed by atoms with E-state index in [4.69, 9.17) is 11.6 Å². The van der Waals surface area contributed by atoms with Crippen molar-refractivity contribution in [3.05, 3.63) is 58.4 Å². The van der Waals surface area contributed by atoms with Gasteiger partial charge in [-0.25, -0.2) is 14.4 Å². The number of rotatable bonds is 3. The molecular weight excluding hydrogens is 251 g/mol. The van der Waals surface area contributed by atoms with Gasteiger partial charge in [0.15, 0.2) is 0 Å². The molecule has 1 aromatic heterocycles. The first-order valence-electron chi connectivity index (χ1n) is 5.98. The monoisotopic (exact) mass is 262 g/mol. The summed E-state index contributed by atoms with van der Waals surface area (Å²) in [6.07, 6.45) is 2.95. The minimum Gasteiger partial charge on any atom is -0.237 e. The molecule has 1 saturated carbocycles. The van der Waals surface area contributed by atoms with Crippen LogP contribution in [-0.2, 0) is 6.42 Å². The normalized spacial score (nSPS) is 14.8. The minimum atomic E-state index is -0.232. The molecule has 2 aromatic rings. The Morgan fingerprint density at radius 3 is 2.56 bits per heavy atom. The molecule has 4 heteroatoms. The SMILES string of the molecule is Fc1ccc(Cc2nc(Cl)cc(C3CC3)n2)cc1. The summed E-state index contributed by atoms with van der Waals surface area (Å²) in [6, 6.07) is 8.23. The van der Waals surface area contributed by atoms with Gasteiger partial charge < -0.3 is 0 Å². The average molecular weight is 263 g/mol. The van der Waals surface area contributed by atoms with Crippen LogP contribution in [-0.4, -0.2) is 9.97 Å². The molecule has 0 N–H and O–H groups in total. The smallest absolute Gasteiger partial charge is 0.134 e. The van der Waals surface area contributed by atoms with Crippen LogP contribution in [0.5, 0.6) is 0 Å². The molecule has 0 bridgehead atoms. The largest absolute Gasteiger partial charge is 0.237 e. The molecule has 2 nitrogen and oxygen atoms in total. The minimum absolute atomic E-state index is 0.232. The van der Waals surface area contributed by atoms with E-state index < -0.39 is 0 Å². The summed E-state index contributed by atoms with van der Waals surface area (Å²) < 4.78 is 12.8. The predicted octanol–water partition coefficient (Wildman–Crippen LogP) is 3.74. The van der Waals surface area contributed by atoms with E-state index in [0.29, 0.717) is 23.3 Å². The lowest BCUT2D eigenvalue weighted by Crippen LogP contribution is -2.00. The van der Waals surface area contributed by atoms with Crippen LogP contribution in [0.1, 0.15) is 35.8 Å². The third kappa shape index (κ3) is 2.67. The van der Waals surface area contributed by atoms with Gasteiger partial charge in [-0.2, -0.15) is 0 Å². The Labute approximate surface area is 110 Å². The fourth-order valence-corrected chi connectivity index (χ4v) is 2.15. The summed E-state index contributed by atoms with van der Waals surface area (Å²) in [6.45, 7) is 0. The lowest BCUT2D eigenvalue weighted by atomic mass is 10.1. The van der Waals surface area contributed by atoms with Crippen LogP contribution in [0.4, 0.5) is 4.39 Å². The van der Waals surface area contributed by atoms with E-state index in [1.54, 1.807) is 12.1 Å². The van der Waals surface area contributed by atoms with Crippen molar-refractivity contribution >= 4 is 11.6 Å². The van der Waals surface area contributed by atoms with Crippen molar-refractivity contribution in [2.75, 3.05) is 0 Å². The zero-order chi connectivity index (χ0) is 12.5. The summed E-state index contributed by atoms with van der Waals surface area (Å²) >= 11 is 6.00. The van der Waals surface area contributed by atoms with E-state index in [1.807, 2.05) is 6.07 Å². The van der Waals surface area contributed by atoms with Gasteiger partial charge in [-0.15, -0.1) is 0 Å². The van der Waals surface area contributed by atoms with Crippen molar-refractivity contribution in [2.45, 2.75) is 25.2 Å². The van der Waals surface area contributed by atoms with Gasteiger partial charge in [0, 0.05) is 18.0 Å². The fourth-order valence-electron chi connectivity index (χ4n) is 1.94. The summed E-state index contributed by atoms with van der Waals surface area (Å²) in [5.74, 6) is 1.03. The first-order chi connectivity index (χ1) is 8.70. The number of hydrogen-bond acceptors (Lipinski definition) is 2. The van der Waals surface area contributed by atoms with Crippen LogP contribution >= 0.6 is 11.6 Å². The van der Waals surface area contributed by atoms with Crippen LogP contribution in [0.2, 0.25) is 5.15 Å². The standard InChI is InChI=1S/C14H12ClFN2/c15-13-8-12(10-3-4-10)17-14(18-13)7-9-1-5-11(16)6-2-9/h1-2,5-6,8,10H,3-4,7H2. The molecule has 1 aliphatic carbocycles. The fraction of sp³-hybridized carbons (Fsp3) is 0.286. The molecule has 1 aromatic carbocycles. The molecule has 0 aliphatic heterocycles. The average Bonchev–Trinajstić information content (AvgIpc) is 3.15. The van der Waals surface area contributed by atoms with Gasteiger partial charge in [0.25, 0.3) is 0 Å². The van der Waals surface area contributed by atoms with Gasteiger partial charge in [0.2, 0.25) is 0 Å². The summed E-state index contributed by atoms with van der Waals surface area (Å²) in [5.41, 5.74) is 2.02. The van der Waals surface area contributed by atoms with Gasteiger partial charge in [0.05, 0.1) is 0 Å². The van der Waals surface area contributed by atoms with Crippen LogP contribution in [0.25, 0.3) is 0 Å². The van der Waals surface area contributed by atoms with E-state index in [0.717, 1.165) is 11.3 Å². The second-order valence-electron chi connectivity index (χ2n) is 4.61. The van der Waals surface area contributed by atoms with Crippen LogP contribution in [0.3, 0.4) is 0 Å². The first-order valence-corrected chi connectivity index (χ1v) is 6.36. The van der Waals surface area contributed by atoms with Gasteiger partial charge in [0.1, 0.15) is 16.8 Å². The third-order valence-electron chi connectivity index (χ3n) is 3.03. The molecule has 0 spiro atoms. The van der Waals surface area contributed by atoms with Crippen molar-refractivity contribution in [2.24, 2.45) is 0 Å². The molecule has 0 unspecified atom stereocenters. The second kappa shape index (κ2) is 4.65. The molecule has 0 atom stereocenters. The quantitative estimate of drug-likeness (QED) is 0.788. The topological polar surface area (TPSA) is 25.8 Å². The Morgan fingerprint density at radius 1 is 1.17 bits per heavy atom. The highest BCUT2D eigenvalue weighted by Gasteiger charge is 2.25. The Balaban J connectivity index is 1.85. The number of benzene rings is 1. The maximum atomic E-state index is 12.8. The van der Waals surface area contributed by atoms with Crippen molar-refractivity contribution in [1.29, 1.82) is 0 Å². The zero-order valence-corrected chi connectivity index (χ0v) is 10.5. The maximum Gasteiger partial charge on any atom is 0.134 e. The third-order valence-corrected chi connectivity index (χ3v) is 3.23. The highest BCUT2D eigenvalue weighted by atomic mass is 35.5. The molecule has 1 fully saturated rings. The molecule has 92 valence electrons. The Morgan fingerprint density at radius 2 is 1.89 bits per heavy atom. The van der Waals surface area contributed by atoms with Gasteiger partial charge >= 0.3 is 0 Å². The number of halogens is 2. The van der Waals surface area contributed by atoms with Crippen molar-refractivity contribution in [1.82, 2.24) is 9.97 Å². The number of nitrogens with zero attached hydrogens (tertiary/aromatic N) is 2. The van der Waals surface area contributed by atoms with Crippen molar-refractivity contribution < 1.29 is 4.39 Å². The maximum absolute atomic E-state index is 12.8. The lowest BCUT2D eigenvalue weighted by molar-refractivity contribution is 0.627. The van der Waals surface area contributed by atoms with Gasteiger partial charge in [-0.3, -0.25) is 0 Å². The highest BCUT2D eigenvalue weighted by Crippen LogP contribution is 2.39. The van der Waals surface area contributed by atoms with Crippen LogP contribution in [0, 0.1) is 5.82 Å². The second-order valence-corrected chi connectivity index (χ2v) is 5.00. The van der Waals surface area contributed by atoms with Crippen LogP contribution < -0.4 is 0 Å². The van der Waals surface area contributed by atoms with E-state index in [-0.39, 0.29) is 5.82 Å². The Kier molecular flexibility index (Phi) is 3.00. The summed E-state index contributed by atoms with van der Waals surface area (Å²) in [7, 11) is 0. The molecule has 1 heterocycles. The lowest BCUT2D eigenvalue weighted by Gasteiger charge is -2.04. The molecule has 0 amide bonds. The molecule has 1 aliphatic rings. The first kappa shape index (κ1) is 11.6. The highest BCUT2D eigenvalue weighted by molar-refractivity contribution is 6.29. The predicted molar refractivity (Wildman–Crippen MR) is 68.2 cm³/mol. The number of hydrogen-bond donors (Lipinski definition) is 0. The van der Waals surface area contributed by atoms with Crippen molar-refractivity contribution in [3.63, 3.8) is 0 Å². The molecule has 3 rings (SSSR count). The molecular formula is C14H12ClFN2. The Bertz CT molecular complexity index is 565. The summed E-state index contributed by atoms with van der Waals surface area (Å²) in [5, 5.41) is 0.490. The summed E-state index contributed by atoms with van der Waals surface area (Å²) in [4.78, 5) is 8.75. The van der Waals surface area contributed by atoms with Gasteiger partial charge in [-0.1, -0.05) is 23.7 Å². The Hall–Kier alpha value is -1.48. The van der Waals surface area contributed by atoms with E-state index in [9.17, 15) is 4.39 Å². The molecule has 0 radical (unpaired) electrons. The molecule has 0 saturated heterocycles. The van der Waals surface area contributed by atoms with E-state index in [2.05, 4.69) is 9.97 Å². The van der Waals surface area contributed by atoms with Crippen LogP contribution in [0.15, 0.2) is 30.3 Å².